The first kappa shape index (κ1) is 9.92. The van der Waals surface area contributed by atoms with Crippen molar-refractivity contribution >= 4 is 5.82 Å². The van der Waals surface area contributed by atoms with Gasteiger partial charge in [0.25, 0.3) is 0 Å². The number of rotatable bonds is 4. The highest BCUT2D eigenvalue weighted by molar-refractivity contribution is 5.43. The summed E-state index contributed by atoms with van der Waals surface area (Å²) in [4.78, 5) is 10.2. The average Bonchev–Trinajstić information content (AvgIpc) is 2.15. The van der Waals surface area contributed by atoms with E-state index in [0.29, 0.717) is 6.54 Å². The normalized spacial score (nSPS) is 10.1. The summed E-state index contributed by atoms with van der Waals surface area (Å²) in [5.74, 6) is 0.989. The van der Waals surface area contributed by atoms with Crippen LogP contribution in [0.5, 0.6) is 0 Å². The second-order valence-electron chi connectivity index (χ2n) is 3.16. The van der Waals surface area contributed by atoms with E-state index in [1.54, 1.807) is 6.33 Å². The molecule has 1 rings (SSSR count). The number of aromatic nitrogens is 2. The Labute approximate surface area is 78.8 Å². The Bertz CT molecular complexity index is 260. The van der Waals surface area contributed by atoms with Gasteiger partial charge in [0, 0.05) is 25.9 Å². The van der Waals surface area contributed by atoms with Crippen molar-refractivity contribution in [3.05, 3.63) is 18.1 Å². The van der Waals surface area contributed by atoms with E-state index in [2.05, 4.69) is 9.97 Å². The molecule has 4 heteroatoms. The number of aryl methyl sites for hydroxylation is 1. The molecule has 0 radical (unpaired) electrons. The number of nitrogens with two attached hydrogens (primary N) is 1. The number of hydrogen-bond acceptors (Lipinski definition) is 4. The molecule has 0 bridgehead atoms. The first-order valence-electron chi connectivity index (χ1n) is 4.42. The molecule has 0 aliphatic heterocycles. The Hall–Kier alpha value is -1.16. The van der Waals surface area contributed by atoms with Crippen LogP contribution >= 0.6 is 0 Å². The fraction of sp³-hybridized carbons (Fsp3) is 0.556. The molecule has 0 spiro atoms. The Morgan fingerprint density at radius 3 is 2.85 bits per heavy atom. The van der Waals surface area contributed by atoms with Crippen LogP contribution in [0.25, 0.3) is 0 Å². The van der Waals surface area contributed by atoms with Crippen molar-refractivity contribution in [1.29, 1.82) is 0 Å². The van der Waals surface area contributed by atoms with Crippen LogP contribution in [0.2, 0.25) is 0 Å². The highest BCUT2D eigenvalue weighted by Crippen LogP contribution is 2.14. The van der Waals surface area contributed by atoms with E-state index < -0.39 is 0 Å². The predicted octanol–water partition coefficient (Wildman–Crippen LogP) is 0.434. The Balaban J connectivity index is 2.78. The maximum absolute atomic E-state index is 5.45. The van der Waals surface area contributed by atoms with E-state index in [0.717, 1.165) is 24.2 Å². The zero-order valence-electron chi connectivity index (χ0n) is 8.20. The van der Waals surface area contributed by atoms with E-state index in [1.807, 2.05) is 25.2 Å². The predicted molar refractivity (Wildman–Crippen MR) is 53.7 cm³/mol. The lowest BCUT2D eigenvalue weighted by molar-refractivity contribution is 0.817. The van der Waals surface area contributed by atoms with Crippen molar-refractivity contribution in [1.82, 2.24) is 9.97 Å². The van der Waals surface area contributed by atoms with Crippen LogP contribution in [0.3, 0.4) is 0 Å². The summed E-state index contributed by atoms with van der Waals surface area (Å²) in [7, 11) is 3.96. The fourth-order valence-corrected chi connectivity index (χ4v) is 1.22. The molecule has 0 saturated carbocycles. The Morgan fingerprint density at radius 2 is 2.23 bits per heavy atom. The summed E-state index contributed by atoms with van der Waals surface area (Å²) in [6.07, 6.45) is 5.36. The van der Waals surface area contributed by atoms with E-state index in [-0.39, 0.29) is 0 Å². The van der Waals surface area contributed by atoms with Gasteiger partial charge in [-0.15, -0.1) is 0 Å². The lowest BCUT2D eigenvalue weighted by Gasteiger charge is -2.14. The molecule has 0 fully saturated rings. The molecule has 0 aromatic carbocycles. The van der Waals surface area contributed by atoms with E-state index in [4.69, 9.17) is 5.73 Å². The van der Waals surface area contributed by atoms with Gasteiger partial charge >= 0.3 is 0 Å². The highest BCUT2D eigenvalue weighted by Gasteiger charge is 2.04. The van der Waals surface area contributed by atoms with Gasteiger partial charge in [-0.3, -0.25) is 0 Å². The molecule has 4 nitrogen and oxygen atoms in total. The quantitative estimate of drug-likeness (QED) is 0.730. The fourth-order valence-electron chi connectivity index (χ4n) is 1.22. The lowest BCUT2D eigenvalue weighted by atomic mass is 10.1. The monoisotopic (exact) mass is 180 g/mol. The van der Waals surface area contributed by atoms with E-state index in [9.17, 15) is 0 Å². The van der Waals surface area contributed by atoms with Crippen LogP contribution in [0, 0.1) is 0 Å². The van der Waals surface area contributed by atoms with Crippen molar-refractivity contribution in [3.63, 3.8) is 0 Å². The second kappa shape index (κ2) is 4.77. The number of anilines is 1. The van der Waals surface area contributed by atoms with Gasteiger partial charge in [-0.25, -0.2) is 9.97 Å². The van der Waals surface area contributed by atoms with Gasteiger partial charge in [0.1, 0.15) is 12.1 Å². The minimum Gasteiger partial charge on any atom is -0.362 e. The molecule has 0 unspecified atom stereocenters. The van der Waals surface area contributed by atoms with Gasteiger partial charge in [0.2, 0.25) is 0 Å². The number of hydrogen-bond donors (Lipinski definition) is 1. The van der Waals surface area contributed by atoms with Gasteiger partial charge in [0.05, 0.1) is 0 Å². The van der Waals surface area contributed by atoms with Gasteiger partial charge in [-0.2, -0.15) is 0 Å². The molecule has 1 heterocycles. The maximum Gasteiger partial charge on any atom is 0.134 e. The zero-order valence-corrected chi connectivity index (χ0v) is 8.20. The highest BCUT2D eigenvalue weighted by atomic mass is 15.1. The number of nitrogens with zero attached hydrogens (tertiary/aromatic N) is 3. The summed E-state index contributed by atoms with van der Waals surface area (Å²) < 4.78 is 0. The molecule has 0 atom stereocenters. The molecule has 13 heavy (non-hydrogen) atoms. The van der Waals surface area contributed by atoms with Crippen LogP contribution in [0.1, 0.15) is 12.0 Å². The topological polar surface area (TPSA) is 55.0 Å². The van der Waals surface area contributed by atoms with Crippen molar-refractivity contribution in [2.24, 2.45) is 5.73 Å². The molecule has 1 aromatic rings. The van der Waals surface area contributed by atoms with Crippen LogP contribution in [-0.2, 0) is 6.42 Å². The summed E-state index contributed by atoms with van der Waals surface area (Å²) in [6, 6.07) is 0. The van der Waals surface area contributed by atoms with Crippen LogP contribution in [0.4, 0.5) is 5.82 Å². The summed E-state index contributed by atoms with van der Waals surface area (Å²) in [5.41, 5.74) is 6.61. The smallest absolute Gasteiger partial charge is 0.134 e. The largest absolute Gasteiger partial charge is 0.362 e. The molecule has 0 aliphatic rings. The molecular weight excluding hydrogens is 164 g/mol. The molecule has 0 saturated heterocycles. The third-order valence-electron chi connectivity index (χ3n) is 1.84. The third-order valence-corrected chi connectivity index (χ3v) is 1.84. The first-order valence-corrected chi connectivity index (χ1v) is 4.42. The average molecular weight is 180 g/mol. The zero-order chi connectivity index (χ0) is 9.68. The van der Waals surface area contributed by atoms with Crippen molar-refractivity contribution in [2.45, 2.75) is 12.8 Å². The summed E-state index contributed by atoms with van der Waals surface area (Å²) in [5, 5.41) is 0. The van der Waals surface area contributed by atoms with Crippen molar-refractivity contribution in [2.75, 3.05) is 25.5 Å². The van der Waals surface area contributed by atoms with E-state index >= 15 is 0 Å². The third kappa shape index (κ3) is 2.66. The van der Waals surface area contributed by atoms with Gasteiger partial charge < -0.3 is 10.6 Å². The van der Waals surface area contributed by atoms with E-state index in [1.165, 1.54) is 0 Å². The molecule has 1 aromatic heterocycles. The lowest BCUT2D eigenvalue weighted by Crippen LogP contribution is -2.14. The van der Waals surface area contributed by atoms with Gasteiger partial charge in [-0.05, 0) is 19.4 Å². The molecule has 72 valence electrons. The van der Waals surface area contributed by atoms with Crippen LogP contribution in [-0.4, -0.2) is 30.6 Å². The van der Waals surface area contributed by atoms with Crippen molar-refractivity contribution < 1.29 is 0 Å². The molecule has 0 amide bonds. The maximum atomic E-state index is 5.45. The summed E-state index contributed by atoms with van der Waals surface area (Å²) in [6.45, 7) is 0.710. The minimum absolute atomic E-state index is 0.710. The minimum atomic E-state index is 0.710. The summed E-state index contributed by atoms with van der Waals surface area (Å²) >= 11 is 0. The molecule has 2 N–H and O–H groups in total. The molecular formula is C9H16N4. The first-order chi connectivity index (χ1) is 6.25. The standard InChI is InChI=1S/C9H16N4/c1-13(2)9-8(4-3-5-10)6-11-7-12-9/h6-7H,3-5,10H2,1-2H3. The Morgan fingerprint density at radius 1 is 1.46 bits per heavy atom. The second-order valence-corrected chi connectivity index (χ2v) is 3.16. The van der Waals surface area contributed by atoms with Gasteiger partial charge in [-0.1, -0.05) is 0 Å². The van der Waals surface area contributed by atoms with Crippen molar-refractivity contribution in [3.8, 4) is 0 Å². The van der Waals surface area contributed by atoms with Gasteiger partial charge in [0.15, 0.2) is 0 Å². The van der Waals surface area contributed by atoms with Crippen LogP contribution < -0.4 is 10.6 Å². The van der Waals surface area contributed by atoms with Crippen LogP contribution in [0.15, 0.2) is 12.5 Å². The molecule has 0 aliphatic carbocycles. The SMILES string of the molecule is CN(C)c1ncncc1CCCN. The Kier molecular flexibility index (Phi) is 3.64.